The Hall–Kier alpha value is -0.670. The molecule has 3 heteroatoms. The van der Waals surface area contributed by atoms with Crippen molar-refractivity contribution in [3.8, 4) is 0 Å². The third kappa shape index (κ3) is 2.13. The van der Waals surface area contributed by atoms with Crippen LogP contribution in [0, 0.1) is 0 Å². The summed E-state index contributed by atoms with van der Waals surface area (Å²) in [6.45, 7) is 0. The van der Waals surface area contributed by atoms with E-state index >= 15 is 0 Å². The minimum absolute atomic E-state index is 0.190. The molecule has 15 heavy (non-hydrogen) atoms. The summed E-state index contributed by atoms with van der Waals surface area (Å²) in [5, 5.41) is 10.4. The third-order valence-electron chi connectivity index (χ3n) is 2.96. The number of ketones is 1. The summed E-state index contributed by atoms with van der Waals surface area (Å²) in [5.41, 5.74) is 0.0607. The van der Waals surface area contributed by atoms with Crippen molar-refractivity contribution in [2.45, 2.75) is 29.7 Å². The van der Waals surface area contributed by atoms with Crippen LogP contribution in [-0.4, -0.2) is 15.7 Å². The molecule has 1 aliphatic rings. The maximum Gasteiger partial charge on any atom is 0.146 e. The minimum atomic E-state index is -0.844. The number of carbonyl (C=O) groups is 1. The molecular formula is C12H13BrO2. The van der Waals surface area contributed by atoms with Crippen LogP contribution in [0.1, 0.15) is 24.8 Å². The Morgan fingerprint density at radius 3 is 2.60 bits per heavy atom. The zero-order chi connectivity index (χ0) is 10.9. The van der Waals surface area contributed by atoms with Gasteiger partial charge in [0.2, 0.25) is 0 Å². The van der Waals surface area contributed by atoms with Crippen molar-refractivity contribution in [3.05, 3.63) is 35.9 Å². The number of halogens is 1. The van der Waals surface area contributed by atoms with Gasteiger partial charge < -0.3 is 5.11 Å². The van der Waals surface area contributed by atoms with Crippen LogP contribution in [0.2, 0.25) is 0 Å². The first-order valence-corrected chi connectivity index (χ1v) is 5.98. The van der Waals surface area contributed by atoms with Crippen molar-refractivity contribution < 1.29 is 9.90 Å². The van der Waals surface area contributed by atoms with Crippen molar-refractivity contribution >= 4 is 21.7 Å². The topological polar surface area (TPSA) is 37.3 Å². The molecule has 80 valence electrons. The quantitative estimate of drug-likeness (QED) is 0.795. The molecule has 1 aromatic carbocycles. The number of Topliss-reactive ketones (excluding diaryl/α,β-unsaturated/α-hetero) is 1. The van der Waals surface area contributed by atoms with Gasteiger partial charge in [0.25, 0.3) is 0 Å². The van der Waals surface area contributed by atoms with E-state index < -0.39 is 5.60 Å². The normalized spacial score (nSPS) is 31.6. The summed E-state index contributed by atoms with van der Waals surface area (Å²) in [7, 11) is 0. The SMILES string of the molecule is O=C1CCC(O)(c2ccccc2)CC1Br. The monoisotopic (exact) mass is 268 g/mol. The van der Waals surface area contributed by atoms with Gasteiger partial charge >= 0.3 is 0 Å². The van der Waals surface area contributed by atoms with E-state index in [2.05, 4.69) is 15.9 Å². The number of carbonyl (C=O) groups excluding carboxylic acids is 1. The van der Waals surface area contributed by atoms with E-state index in [1.807, 2.05) is 30.3 Å². The molecule has 2 unspecified atom stereocenters. The Balaban J connectivity index is 2.25. The van der Waals surface area contributed by atoms with Gasteiger partial charge in [-0.15, -0.1) is 0 Å². The number of hydrogen-bond donors (Lipinski definition) is 1. The molecular weight excluding hydrogens is 256 g/mol. The van der Waals surface area contributed by atoms with Gasteiger partial charge in [-0.05, 0) is 18.4 Å². The molecule has 1 aromatic rings. The molecule has 1 N–H and O–H groups in total. The first kappa shape index (κ1) is 10.8. The number of alkyl halides is 1. The Morgan fingerprint density at radius 1 is 1.33 bits per heavy atom. The fourth-order valence-corrected chi connectivity index (χ4v) is 2.77. The minimum Gasteiger partial charge on any atom is -0.385 e. The average molecular weight is 269 g/mol. The van der Waals surface area contributed by atoms with Gasteiger partial charge in [-0.1, -0.05) is 46.3 Å². The molecule has 1 fully saturated rings. The summed E-state index contributed by atoms with van der Waals surface area (Å²) >= 11 is 3.32. The van der Waals surface area contributed by atoms with Crippen molar-refractivity contribution in [1.82, 2.24) is 0 Å². The van der Waals surface area contributed by atoms with Crippen molar-refractivity contribution in [3.63, 3.8) is 0 Å². The predicted molar refractivity (Wildman–Crippen MR) is 61.9 cm³/mol. The van der Waals surface area contributed by atoms with Gasteiger partial charge in [-0.3, -0.25) is 4.79 Å². The van der Waals surface area contributed by atoms with Crippen LogP contribution >= 0.6 is 15.9 Å². The summed E-state index contributed by atoms with van der Waals surface area (Å²) in [5.74, 6) is 0.190. The molecule has 1 saturated carbocycles. The zero-order valence-electron chi connectivity index (χ0n) is 8.32. The van der Waals surface area contributed by atoms with Crippen LogP contribution in [0.25, 0.3) is 0 Å². The standard InChI is InChI=1S/C12H13BrO2/c13-10-8-12(15,7-6-11(10)14)9-4-2-1-3-5-9/h1-5,10,15H,6-8H2. The van der Waals surface area contributed by atoms with Gasteiger partial charge in [0.1, 0.15) is 5.78 Å². The van der Waals surface area contributed by atoms with Gasteiger partial charge in [0.05, 0.1) is 10.4 Å². The Labute approximate surface area is 97.4 Å². The molecule has 0 radical (unpaired) electrons. The van der Waals surface area contributed by atoms with E-state index in [1.54, 1.807) is 0 Å². The van der Waals surface area contributed by atoms with Crippen LogP contribution in [-0.2, 0) is 10.4 Å². The third-order valence-corrected chi connectivity index (χ3v) is 3.80. The molecule has 2 rings (SSSR count). The van der Waals surface area contributed by atoms with Crippen LogP contribution in [0.4, 0.5) is 0 Å². The van der Waals surface area contributed by atoms with E-state index in [9.17, 15) is 9.90 Å². The molecule has 0 aliphatic heterocycles. The lowest BCUT2D eigenvalue weighted by Gasteiger charge is -2.34. The lowest BCUT2D eigenvalue weighted by molar-refractivity contribution is -0.124. The number of rotatable bonds is 1. The second kappa shape index (κ2) is 4.06. The van der Waals surface area contributed by atoms with Gasteiger partial charge in [0, 0.05) is 6.42 Å². The van der Waals surface area contributed by atoms with Gasteiger partial charge in [0.15, 0.2) is 0 Å². The van der Waals surface area contributed by atoms with E-state index in [-0.39, 0.29) is 10.6 Å². The second-order valence-electron chi connectivity index (χ2n) is 4.04. The fraction of sp³-hybridized carbons (Fsp3) is 0.417. The highest BCUT2D eigenvalue weighted by atomic mass is 79.9. The maximum atomic E-state index is 11.4. The highest BCUT2D eigenvalue weighted by molar-refractivity contribution is 9.10. The molecule has 0 heterocycles. The Morgan fingerprint density at radius 2 is 2.00 bits per heavy atom. The smallest absolute Gasteiger partial charge is 0.146 e. The summed E-state index contributed by atoms with van der Waals surface area (Å²) < 4.78 is 0. The van der Waals surface area contributed by atoms with Gasteiger partial charge in [-0.25, -0.2) is 0 Å². The van der Waals surface area contributed by atoms with E-state index in [0.717, 1.165) is 5.56 Å². The molecule has 2 nitrogen and oxygen atoms in total. The van der Waals surface area contributed by atoms with Crippen molar-refractivity contribution in [2.75, 3.05) is 0 Å². The summed E-state index contributed by atoms with van der Waals surface area (Å²) in [6, 6.07) is 9.57. The molecule has 0 spiro atoms. The van der Waals surface area contributed by atoms with Crippen LogP contribution < -0.4 is 0 Å². The van der Waals surface area contributed by atoms with Crippen molar-refractivity contribution in [1.29, 1.82) is 0 Å². The van der Waals surface area contributed by atoms with Crippen LogP contribution in [0.15, 0.2) is 30.3 Å². The molecule has 0 saturated heterocycles. The highest BCUT2D eigenvalue weighted by Gasteiger charge is 2.38. The van der Waals surface area contributed by atoms with E-state index in [4.69, 9.17) is 0 Å². The molecule has 0 amide bonds. The lowest BCUT2D eigenvalue weighted by atomic mass is 9.79. The van der Waals surface area contributed by atoms with E-state index in [0.29, 0.717) is 19.3 Å². The fourth-order valence-electron chi connectivity index (χ4n) is 2.01. The first-order chi connectivity index (χ1) is 7.12. The highest BCUT2D eigenvalue weighted by Crippen LogP contribution is 2.37. The average Bonchev–Trinajstić information content (AvgIpc) is 2.26. The number of benzene rings is 1. The maximum absolute atomic E-state index is 11.4. The van der Waals surface area contributed by atoms with Gasteiger partial charge in [-0.2, -0.15) is 0 Å². The number of hydrogen-bond acceptors (Lipinski definition) is 2. The molecule has 2 atom stereocenters. The second-order valence-corrected chi connectivity index (χ2v) is 5.14. The first-order valence-electron chi connectivity index (χ1n) is 5.06. The van der Waals surface area contributed by atoms with Crippen LogP contribution in [0.3, 0.4) is 0 Å². The molecule has 1 aliphatic carbocycles. The molecule has 0 aromatic heterocycles. The Bertz CT molecular complexity index is 363. The number of aliphatic hydroxyl groups is 1. The molecule has 0 bridgehead atoms. The zero-order valence-corrected chi connectivity index (χ0v) is 9.90. The largest absolute Gasteiger partial charge is 0.385 e. The summed E-state index contributed by atoms with van der Waals surface area (Å²) in [6.07, 6.45) is 1.44. The van der Waals surface area contributed by atoms with E-state index in [1.165, 1.54) is 0 Å². The van der Waals surface area contributed by atoms with Crippen molar-refractivity contribution in [2.24, 2.45) is 0 Å². The predicted octanol–water partition coefficient (Wildman–Crippen LogP) is 2.39. The van der Waals surface area contributed by atoms with Crippen LogP contribution in [0.5, 0.6) is 0 Å². The summed E-state index contributed by atoms with van der Waals surface area (Å²) in [4.78, 5) is 11.1. The Kier molecular flexibility index (Phi) is 2.94. The lowest BCUT2D eigenvalue weighted by Crippen LogP contribution is -2.37.